The lowest BCUT2D eigenvalue weighted by Crippen LogP contribution is -2.30. The summed E-state index contributed by atoms with van der Waals surface area (Å²) in [6.07, 6.45) is 9.13. The first-order valence-electron chi connectivity index (χ1n) is 9.17. The van der Waals surface area contributed by atoms with Crippen LogP contribution >= 0.6 is 0 Å². The summed E-state index contributed by atoms with van der Waals surface area (Å²) in [4.78, 5) is 8.86. The summed E-state index contributed by atoms with van der Waals surface area (Å²) in [7, 11) is -2.15. The van der Waals surface area contributed by atoms with Gasteiger partial charge in [0.05, 0.1) is 6.10 Å². The van der Waals surface area contributed by atoms with E-state index in [1.807, 2.05) is 4.57 Å². The van der Waals surface area contributed by atoms with Gasteiger partial charge in [-0.2, -0.15) is 4.31 Å². The molecule has 0 spiro atoms. The minimum absolute atomic E-state index is 0.0798. The molecule has 2 aromatic rings. The predicted octanol–water partition coefficient (Wildman–Crippen LogP) is 1.93. The zero-order valence-electron chi connectivity index (χ0n) is 15.0. The highest BCUT2D eigenvalue weighted by Gasteiger charge is 2.38. The van der Waals surface area contributed by atoms with Gasteiger partial charge in [-0.25, -0.2) is 18.4 Å². The van der Waals surface area contributed by atoms with Gasteiger partial charge in [-0.1, -0.05) is 19.3 Å². The average Bonchev–Trinajstić information content (AvgIpc) is 3.25. The standard InChI is InChI=1S/C17H25N5O3S/c1-25-13-7-10-21(11-13)26(23,24)15-14-17(20-9-8-19-14)22(16(15)18)12-5-3-2-4-6-12/h8-9,12-13H,2-7,10-11,18H2,1H3. The lowest BCUT2D eigenvalue weighted by Gasteiger charge is -2.25. The molecule has 1 aliphatic carbocycles. The van der Waals surface area contributed by atoms with E-state index in [9.17, 15) is 8.42 Å². The molecule has 3 heterocycles. The van der Waals surface area contributed by atoms with Crippen LogP contribution in [0.5, 0.6) is 0 Å². The number of nitrogens with two attached hydrogens (primary N) is 1. The molecule has 2 N–H and O–H groups in total. The van der Waals surface area contributed by atoms with Crippen molar-refractivity contribution in [2.75, 3.05) is 25.9 Å². The predicted molar refractivity (Wildman–Crippen MR) is 98.2 cm³/mol. The van der Waals surface area contributed by atoms with Crippen LogP contribution in [-0.4, -0.2) is 53.6 Å². The number of hydrogen-bond acceptors (Lipinski definition) is 6. The summed E-state index contributed by atoms with van der Waals surface area (Å²) in [6, 6.07) is 0.178. The van der Waals surface area contributed by atoms with Gasteiger partial charge in [-0.05, 0) is 19.3 Å². The SMILES string of the molecule is COC1CCN(S(=O)(=O)c2c(N)n(C3CCCCC3)c3nccnc23)C1. The number of hydrogen-bond donors (Lipinski definition) is 1. The monoisotopic (exact) mass is 379 g/mol. The largest absolute Gasteiger partial charge is 0.384 e. The summed E-state index contributed by atoms with van der Waals surface area (Å²) in [6.45, 7) is 0.769. The van der Waals surface area contributed by atoms with Crippen LogP contribution in [0.3, 0.4) is 0 Å². The van der Waals surface area contributed by atoms with E-state index in [0.29, 0.717) is 30.7 Å². The van der Waals surface area contributed by atoms with Crippen LogP contribution in [0.15, 0.2) is 17.3 Å². The van der Waals surface area contributed by atoms with Gasteiger partial charge in [0, 0.05) is 38.6 Å². The number of sulfonamides is 1. The lowest BCUT2D eigenvalue weighted by molar-refractivity contribution is 0.115. The Bertz CT molecular complexity index is 905. The number of nitrogen functional groups attached to an aromatic ring is 1. The van der Waals surface area contributed by atoms with Crippen molar-refractivity contribution in [2.45, 2.75) is 55.6 Å². The summed E-state index contributed by atoms with van der Waals surface area (Å²) >= 11 is 0. The van der Waals surface area contributed by atoms with Gasteiger partial charge in [0.2, 0.25) is 10.0 Å². The lowest BCUT2D eigenvalue weighted by atomic mass is 9.95. The molecule has 0 amide bonds. The van der Waals surface area contributed by atoms with Crippen LogP contribution in [-0.2, 0) is 14.8 Å². The molecule has 4 rings (SSSR count). The number of aromatic nitrogens is 3. The van der Waals surface area contributed by atoms with E-state index in [0.717, 1.165) is 25.7 Å². The Kier molecular flexibility index (Phi) is 4.62. The highest BCUT2D eigenvalue weighted by atomic mass is 32.2. The fourth-order valence-electron chi connectivity index (χ4n) is 4.21. The first kappa shape index (κ1) is 17.7. The molecule has 8 nitrogen and oxygen atoms in total. The van der Waals surface area contributed by atoms with E-state index < -0.39 is 10.0 Å². The van der Waals surface area contributed by atoms with Crippen molar-refractivity contribution in [2.24, 2.45) is 0 Å². The van der Waals surface area contributed by atoms with Crippen LogP contribution in [0.2, 0.25) is 0 Å². The zero-order chi connectivity index (χ0) is 18.3. The highest BCUT2D eigenvalue weighted by Crippen LogP contribution is 2.39. The first-order chi connectivity index (χ1) is 12.5. The van der Waals surface area contributed by atoms with Crippen molar-refractivity contribution in [3.05, 3.63) is 12.4 Å². The Morgan fingerprint density at radius 1 is 1.15 bits per heavy atom. The third-order valence-electron chi connectivity index (χ3n) is 5.59. The molecular weight excluding hydrogens is 354 g/mol. The maximum Gasteiger partial charge on any atom is 0.249 e. The Labute approximate surface area is 153 Å². The van der Waals surface area contributed by atoms with Crippen LogP contribution in [0.25, 0.3) is 11.2 Å². The molecule has 26 heavy (non-hydrogen) atoms. The van der Waals surface area contributed by atoms with Crippen molar-refractivity contribution in [1.82, 2.24) is 18.8 Å². The van der Waals surface area contributed by atoms with Gasteiger partial charge in [-0.15, -0.1) is 0 Å². The molecular formula is C17H25N5O3S. The van der Waals surface area contributed by atoms with Gasteiger partial charge in [0.25, 0.3) is 0 Å². The maximum absolute atomic E-state index is 13.3. The van der Waals surface area contributed by atoms with E-state index in [-0.39, 0.29) is 22.9 Å². The second-order valence-corrected chi connectivity index (χ2v) is 8.99. The second kappa shape index (κ2) is 6.79. The van der Waals surface area contributed by atoms with Gasteiger partial charge >= 0.3 is 0 Å². The quantitative estimate of drug-likeness (QED) is 0.870. The summed E-state index contributed by atoms with van der Waals surface area (Å²) in [5.74, 6) is 0.263. The molecule has 0 aromatic carbocycles. The van der Waals surface area contributed by atoms with E-state index in [2.05, 4.69) is 9.97 Å². The molecule has 142 valence electrons. The average molecular weight is 379 g/mol. The molecule has 0 radical (unpaired) electrons. The smallest absolute Gasteiger partial charge is 0.249 e. The zero-order valence-corrected chi connectivity index (χ0v) is 15.8. The Balaban J connectivity index is 1.84. The molecule has 1 atom stereocenters. The first-order valence-corrected chi connectivity index (χ1v) is 10.6. The molecule has 1 saturated heterocycles. The van der Waals surface area contributed by atoms with Crippen molar-refractivity contribution in [3.8, 4) is 0 Å². The summed E-state index contributed by atoms with van der Waals surface area (Å²) in [5.41, 5.74) is 7.35. The highest BCUT2D eigenvalue weighted by molar-refractivity contribution is 7.89. The fraction of sp³-hybridized carbons (Fsp3) is 0.647. The molecule has 2 fully saturated rings. The van der Waals surface area contributed by atoms with Crippen LogP contribution < -0.4 is 5.73 Å². The normalized spacial score (nSPS) is 23.0. The van der Waals surface area contributed by atoms with Crippen molar-refractivity contribution >= 4 is 27.0 Å². The topological polar surface area (TPSA) is 103 Å². The minimum atomic E-state index is -3.75. The molecule has 1 saturated carbocycles. The molecule has 1 unspecified atom stereocenters. The number of anilines is 1. The van der Waals surface area contributed by atoms with Crippen LogP contribution in [0.1, 0.15) is 44.6 Å². The van der Waals surface area contributed by atoms with E-state index >= 15 is 0 Å². The Hall–Kier alpha value is -1.71. The third kappa shape index (κ3) is 2.78. The number of fused-ring (bicyclic) bond motifs is 1. The van der Waals surface area contributed by atoms with Crippen LogP contribution in [0, 0.1) is 0 Å². The van der Waals surface area contributed by atoms with Gasteiger partial charge in [-0.3, -0.25) is 0 Å². The summed E-state index contributed by atoms with van der Waals surface area (Å²) < 4.78 is 35.3. The van der Waals surface area contributed by atoms with Crippen molar-refractivity contribution in [3.63, 3.8) is 0 Å². The molecule has 1 aliphatic heterocycles. The van der Waals surface area contributed by atoms with E-state index in [1.54, 1.807) is 13.3 Å². The number of ether oxygens (including phenoxy) is 1. The van der Waals surface area contributed by atoms with Gasteiger partial charge in [0.15, 0.2) is 10.5 Å². The van der Waals surface area contributed by atoms with Crippen LogP contribution in [0.4, 0.5) is 5.82 Å². The number of nitrogens with zero attached hydrogens (tertiary/aromatic N) is 4. The maximum atomic E-state index is 13.3. The van der Waals surface area contributed by atoms with Crippen molar-refractivity contribution in [1.29, 1.82) is 0 Å². The fourth-order valence-corrected chi connectivity index (χ4v) is 5.93. The number of rotatable bonds is 4. The second-order valence-electron chi connectivity index (χ2n) is 7.11. The van der Waals surface area contributed by atoms with Crippen molar-refractivity contribution < 1.29 is 13.2 Å². The molecule has 2 aromatic heterocycles. The number of methoxy groups -OCH3 is 1. The molecule has 2 aliphatic rings. The Morgan fingerprint density at radius 3 is 2.58 bits per heavy atom. The molecule has 9 heteroatoms. The Morgan fingerprint density at radius 2 is 1.88 bits per heavy atom. The minimum Gasteiger partial charge on any atom is -0.384 e. The summed E-state index contributed by atoms with van der Waals surface area (Å²) in [5, 5.41) is 0. The molecule has 0 bridgehead atoms. The van der Waals surface area contributed by atoms with E-state index in [1.165, 1.54) is 16.9 Å². The third-order valence-corrected chi connectivity index (χ3v) is 7.52. The van der Waals surface area contributed by atoms with Gasteiger partial charge < -0.3 is 15.0 Å². The van der Waals surface area contributed by atoms with Gasteiger partial charge in [0.1, 0.15) is 11.3 Å². The van der Waals surface area contributed by atoms with E-state index in [4.69, 9.17) is 10.5 Å².